The van der Waals surface area contributed by atoms with Gasteiger partial charge in [0.1, 0.15) is 5.82 Å². The molecule has 2 aromatic carbocycles. The summed E-state index contributed by atoms with van der Waals surface area (Å²) >= 11 is 0. The van der Waals surface area contributed by atoms with Gasteiger partial charge >= 0.3 is 0 Å². The van der Waals surface area contributed by atoms with Gasteiger partial charge in [0.05, 0.1) is 0 Å². The number of aryl methyl sites for hydroxylation is 1. The first-order chi connectivity index (χ1) is 12.5. The molecule has 1 fully saturated rings. The number of carbonyl (C=O) groups excluding carboxylic acids is 1. The van der Waals surface area contributed by atoms with Gasteiger partial charge in [0.15, 0.2) is 0 Å². The van der Waals surface area contributed by atoms with Crippen molar-refractivity contribution in [1.82, 2.24) is 4.90 Å². The lowest BCUT2D eigenvalue weighted by atomic mass is 9.89. The van der Waals surface area contributed by atoms with Crippen molar-refractivity contribution < 1.29 is 9.18 Å². The number of halogens is 2. The van der Waals surface area contributed by atoms with Crippen LogP contribution in [0.2, 0.25) is 0 Å². The zero-order valence-corrected chi connectivity index (χ0v) is 16.4. The molecule has 5 heteroatoms. The Morgan fingerprint density at radius 2 is 1.93 bits per heavy atom. The van der Waals surface area contributed by atoms with E-state index in [2.05, 4.69) is 37.1 Å². The van der Waals surface area contributed by atoms with Crippen LogP contribution in [0.1, 0.15) is 29.0 Å². The van der Waals surface area contributed by atoms with Gasteiger partial charge < -0.3 is 9.80 Å². The third-order valence-corrected chi connectivity index (χ3v) is 5.48. The normalized spacial score (nSPS) is 21.7. The molecule has 3 nitrogen and oxygen atoms in total. The van der Waals surface area contributed by atoms with Crippen LogP contribution in [0, 0.1) is 12.7 Å². The predicted octanol–water partition coefficient (Wildman–Crippen LogP) is 4.40. The van der Waals surface area contributed by atoms with E-state index >= 15 is 0 Å². The Hall–Kier alpha value is -2.17. The lowest BCUT2D eigenvalue weighted by Gasteiger charge is -2.36. The van der Waals surface area contributed by atoms with Crippen molar-refractivity contribution in [3.05, 3.63) is 71.0 Å². The van der Waals surface area contributed by atoms with E-state index in [9.17, 15) is 9.18 Å². The molecule has 2 unspecified atom stereocenters. The average molecular weight is 387 g/mol. The third kappa shape index (κ3) is 3.78. The Bertz CT molecular complexity index is 865. The highest BCUT2D eigenvalue weighted by atomic mass is 35.5. The van der Waals surface area contributed by atoms with E-state index in [-0.39, 0.29) is 30.2 Å². The summed E-state index contributed by atoms with van der Waals surface area (Å²) in [6.07, 6.45) is 4.35. The minimum atomic E-state index is -0.272. The molecule has 27 heavy (non-hydrogen) atoms. The SMILES string of the molecule is Cc1ccc2c(c1)C1CN(C)CCC1N2C(=O)/C=C/c1ccc(F)cc1.Cl. The number of likely N-dealkylation sites (tertiary alicyclic amines) is 1. The zero-order valence-electron chi connectivity index (χ0n) is 15.6. The summed E-state index contributed by atoms with van der Waals surface area (Å²) in [5, 5.41) is 0. The van der Waals surface area contributed by atoms with Gasteiger partial charge in [-0.25, -0.2) is 4.39 Å². The highest BCUT2D eigenvalue weighted by molar-refractivity contribution is 6.06. The van der Waals surface area contributed by atoms with E-state index < -0.39 is 0 Å². The van der Waals surface area contributed by atoms with Gasteiger partial charge in [-0.3, -0.25) is 4.79 Å². The molecule has 0 saturated carbocycles. The van der Waals surface area contributed by atoms with E-state index in [1.807, 2.05) is 4.90 Å². The van der Waals surface area contributed by atoms with E-state index in [0.717, 1.165) is 30.8 Å². The van der Waals surface area contributed by atoms with Crippen LogP contribution in [-0.2, 0) is 4.79 Å². The van der Waals surface area contributed by atoms with Gasteiger partial charge in [-0.2, -0.15) is 0 Å². The summed E-state index contributed by atoms with van der Waals surface area (Å²) in [6, 6.07) is 12.8. The summed E-state index contributed by atoms with van der Waals surface area (Å²) < 4.78 is 13.0. The molecule has 2 heterocycles. The molecule has 0 N–H and O–H groups in total. The maximum absolute atomic E-state index is 13.0. The number of hydrogen-bond donors (Lipinski definition) is 0. The van der Waals surface area contributed by atoms with Crippen molar-refractivity contribution in [3.8, 4) is 0 Å². The van der Waals surface area contributed by atoms with Crippen molar-refractivity contribution in [3.63, 3.8) is 0 Å². The first-order valence-corrected chi connectivity index (χ1v) is 9.09. The van der Waals surface area contributed by atoms with Crippen molar-refractivity contribution in [2.45, 2.75) is 25.3 Å². The molecule has 1 amide bonds. The molecule has 0 aliphatic carbocycles. The molecule has 0 spiro atoms. The van der Waals surface area contributed by atoms with Crippen LogP contribution < -0.4 is 4.90 Å². The number of carbonyl (C=O) groups is 1. The van der Waals surface area contributed by atoms with Gasteiger partial charge in [-0.05, 0) is 62.3 Å². The average Bonchev–Trinajstić information content (AvgIpc) is 2.94. The second kappa shape index (κ2) is 7.83. The monoisotopic (exact) mass is 386 g/mol. The number of hydrogen-bond acceptors (Lipinski definition) is 2. The van der Waals surface area contributed by atoms with E-state index in [1.165, 1.54) is 23.3 Å². The number of fused-ring (bicyclic) bond motifs is 3. The first-order valence-electron chi connectivity index (χ1n) is 9.09. The smallest absolute Gasteiger partial charge is 0.251 e. The molecule has 2 aromatic rings. The summed E-state index contributed by atoms with van der Waals surface area (Å²) in [5.74, 6) is 0.0924. The highest BCUT2D eigenvalue weighted by Gasteiger charge is 2.43. The number of rotatable bonds is 2. The maximum Gasteiger partial charge on any atom is 0.251 e. The fourth-order valence-corrected chi connectivity index (χ4v) is 4.19. The fraction of sp³-hybridized carbons (Fsp3) is 0.318. The Kier molecular flexibility index (Phi) is 5.68. The lowest BCUT2D eigenvalue weighted by molar-refractivity contribution is -0.114. The van der Waals surface area contributed by atoms with Crippen LogP contribution in [0.3, 0.4) is 0 Å². The van der Waals surface area contributed by atoms with Crippen LogP contribution in [0.15, 0.2) is 48.5 Å². The zero-order chi connectivity index (χ0) is 18.3. The first kappa shape index (κ1) is 19.6. The topological polar surface area (TPSA) is 23.6 Å². The molecule has 2 aliphatic heterocycles. The molecule has 2 aliphatic rings. The van der Waals surface area contributed by atoms with Crippen LogP contribution in [0.4, 0.5) is 10.1 Å². The summed E-state index contributed by atoms with van der Waals surface area (Å²) in [4.78, 5) is 17.3. The number of amides is 1. The molecular formula is C22H24ClFN2O. The van der Waals surface area contributed by atoms with Crippen LogP contribution in [-0.4, -0.2) is 37.0 Å². The molecular weight excluding hydrogens is 363 g/mol. The standard InChI is InChI=1S/C22H23FN2O.ClH/c1-15-3-9-20-18(13-15)19-14-24(2)12-11-21(19)25(20)22(26)10-6-16-4-7-17(23)8-5-16;/h3-10,13,19,21H,11-12,14H2,1-2H3;1H/b10-6+;. The summed E-state index contributed by atoms with van der Waals surface area (Å²) in [7, 11) is 2.14. The van der Waals surface area contributed by atoms with Gasteiger partial charge in [0.2, 0.25) is 0 Å². The van der Waals surface area contributed by atoms with Crippen molar-refractivity contribution >= 4 is 30.1 Å². The van der Waals surface area contributed by atoms with E-state index in [1.54, 1.807) is 24.3 Å². The van der Waals surface area contributed by atoms with Gasteiger partial charge in [0, 0.05) is 30.3 Å². The van der Waals surface area contributed by atoms with Gasteiger partial charge in [-0.15, -0.1) is 12.4 Å². The quantitative estimate of drug-likeness (QED) is 0.714. The van der Waals surface area contributed by atoms with Gasteiger partial charge in [0.25, 0.3) is 5.91 Å². The Balaban J connectivity index is 0.00000210. The van der Waals surface area contributed by atoms with Crippen molar-refractivity contribution in [1.29, 1.82) is 0 Å². The number of benzene rings is 2. The van der Waals surface area contributed by atoms with Crippen molar-refractivity contribution in [2.24, 2.45) is 0 Å². The molecule has 1 saturated heterocycles. The Morgan fingerprint density at radius 3 is 2.67 bits per heavy atom. The van der Waals surface area contributed by atoms with Crippen LogP contribution >= 0.6 is 12.4 Å². The number of nitrogens with zero attached hydrogens (tertiary/aromatic N) is 2. The second-order valence-corrected chi connectivity index (χ2v) is 7.38. The minimum absolute atomic E-state index is 0. The number of anilines is 1. The molecule has 4 rings (SSSR count). The Labute approximate surface area is 165 Å². The van der Waals surface area contributed by atoms with Crippen LogP contribution in [0.25, 0.3) is 6.08 Å². The largest absolute Gasteiger partial charge is 0.306 e. The van der Waals surface area contributed by atoms with E-state index in [4.69, 9.17) is 0 Å². The lowest BCUT2D eigenvalue weighted by Crippen LogP contribution is -2.46. The van der Waals surface area contributed by atoms with Crippen molar-refractivity contribution in [2.75, 3.05) is 25.0 Å². The van der Waals surface area contributed by atoms with E-state index in [0.29, 0.717) is 5.92 Å². The molecule has 0 bridgehead atoms. The number of piperidine rings is 1. The molecule has 2 atom stereocenters. The minimum Gasteiger partial charge on any atom is -0.306 e. The third-order valence-electron chi connectivity index (χ3n) is 5.48. The summed E-state index contributed by atoms with van der Waals surface area (Å²) in [5.41, 5.74) is 4.37. The molecule has 0 aromatic heterocycles. The van der Waals surface area contributed by atoms with Crippen LogP contribution in [0.5, 0.6) is 0 Å². The summed E-state index contributed by atoms with van der Waals surface area (Å²) in [6.45, 7) is 4.08. The molecule has 142 valence electrons. The van der Waals surface area contributed by atoms with Gasteiger partial charge in [-0.1, -0.05) is 29.8 Å². The fourth-order valence-electron chi connectivity index (χ4n) is 4.19. The maximum atomic E-state index is 13.0. The predicted molar refractivity (Wildman–Crippen MR) is 110 cm³/mol. The second-order valence-electron chi connectivity index (χ2n) is 7.38. The Morgan fingerprint density at radius 1 is 1.19 bits per heavy atom. The molecule has 0 radical (unpaired) electrons. The number of likely N-dealkylation sites (N-methyl/N-ethyl adjacent to an activating group) is 1. The highest BCUT2D eigenvalue weighted by Crippen LogP contribution is 2.45.